The molecule has 2 aromatic rings. The number of fused-ring (bicyclic) bond motifs is 6. The Morgan fingerprint density at radius 1 is 1.15 bits per heavy atom. The van der Waals surface area contributed by atoms with Gasteiger partial charge >= 0.3 is 0 Å². The number of methoxy groups -OCH3 is 1. The number of nitrogens with one attached hydrogen (secondary N) is 1. The number of nitrogens with zero attached hydrogens (tertiary/aromatic N) is 1. The number of ether oxygens (including phenoxy) is 1. The highest BCUT2D eigenvalue weighted by atomic mass is 32.1. The van der Waals surface area contributed by atoms with Gasteiger partial charge in [0.05, 0.1) is 29.5 Å². The van der Waals surface area contributed by atoms with Gasteiger partial charge in [-0.15, -0.1) is 0 Å². The predicted octanol–water partition coefficient (Wildman–Crippen LogP) is 6.65. The molecule has 1 aromatic carbocycles. The lowest BCUT2D eigenvalue weighted by Crippen LogP contribution is -2.58. The number of aliphatic hydroxyl groups is 2. The normalized spacial score (nSPS) is 40.4. The van der Waals surface area contributed by atoms with Crippen LogP contribution in [0.1, 0.15) is 85.0 Å². The van der Waals surface area contributed by atoms with Gasteiger partial charge in [-0.05, 0) is 122 Å². The van der Waals surface area contributed by atoms with Crippen LogP contribution in [0.3, 0.4) is 0 Å². The highest BCUT2D eigenvalue weighted by Gasteiger charge is 2.63. The Bertz CT molecular complexity index is 1220. The van der Waals surface area contributed by atoms with Crippen LogP contribution in [0, 0.1) is 46.3 Å². The molecule has 1 heterocycles. The standard InChI is InChI=1S/C32H46N2O4S/c1-18(5-12-29(37)34-30-33-26-11-7-21(38-4)16-27(26)39-30)23-9-10-24-22-8-6-19-15-20(35)13-14-31(19,2)25(22)17-28(36)32(23,24)3/h7,11,16,18-20,22-25,28,35-36H,5-6,8-10,12-15,17H2,1-4H3,(H,33,34,37)/t18-,19-,20-,22+,23-,24+,25+,28+,31+,32-/m1/s1. The van der Waals surface area contributed by atoms with Crippen LogP contribution in [0.25, 0.3) is 10.2 Å². The average Bonchev–Trinajstić information content (AvgIpc) is 3.48. The smallest absolute Gasteiger partial charge is 0.226 e. The Hall–Kier alpha value is -1.70. The molecule has 6 nitrogen and oxygen atoms in total. The number of aromatic nitrogens is 1. The van der Waals surface area contributed by atoms with Crippen molar-refractivity contribution in [3.8, 4) is 5.75 Å². The molecule has 10 atom stereocenters. The number of anilines is 1. The summed E-state index contributed by atoms with van der Waals surface area (Å²) in [6, 6.07) is 5.76. The Morgan fingerprint density at radius 2 is 1.97 bits per heavy atom. The van der Waals surface area contributed by atoms with Crippen molar-refractivity contribution >= 4 is 32.6 Å². The van der Waals surface area contributed by atoms with Gasteiger partial charge in [0.15, 0.2) is 5.13 Å². The molecule has 214 valence electrons. The number of aliphatic hydroxyl groups excluding tert-OH is 2. The van der Waals surface area contributed by atoms with E-state index in [2.05, 4.69) is 31.1 Å². The summed E-state index contributed by atoms with van der Waals surface area (Å²) in [6.45, 7) is 7.15. The maximum atomic E-state index is 12.9. The number of hydrogen-bond donors (Lipinski definition) is 3. The number of amides is 1. The second-order valence-corrected chi connectivity index (χ2v) is 14.8. The predicted molar refractivity (Wildman–Crippen MR) is 156 cm³/mol. The van der Waals surface area contributed by atoms with E-state index in [4.69, 9.17) is 4.74 Å². The van der Waals surface area contributed by atoms with E-state index in [1.807, 2.05) is 18.2 Å². The topological polar surface area (TPSA) is 91.7 Å². The van der Waals surface area contributed by atoms with Crippen LogP contribution in [0.2, 0.25) is 0 Å². The minimum atomic E-state index is -0.283. The van der Waals surface area contributed by atoms with Crippen molar-refractivity contribution < 1.29 is 19.7 Å². The summed E-state index contributed by atoms with van der Waals surface area (Å²) in [5.41, 5.74) is 1.06. The van der Waals surface area contributed by atoms with Gasteiger partial charge in [0.1, 0.15) is 5.75 Å². The van der Waals surface area contributed by atoms with E-state index in [9.17, 15) is 15.0 Å². The van der Waals surface area contributed by atoms with E-state index in [-0.39, 0.29) is 28.9 Å². The van der Waals surface area contributed by atoms with Crippen molar-refractivity contribution in [2.24, 2.45) is 46.3 Å². The quantitative estimate of drug-likeness (QED) is 0.372. The summed E-state index contributed by atoms with van der Waals surface area (Å²) in [5, 5.41) is 25.8. The maximum absolute atomic E-state index is 12.9. The molecule has 0 aliphatic heterocycles. The van der Waals surface area contributed by atoms with E-state index in [1.54, 1.807) is 7.11 Å². The lowest BCUT2D eigenvalue weighted by atomic mass is 9.43. The van der Waals surface area contributed by atoms with E-state index >= 15 is 0 Å². The van der Waals surface area contributed by atoms with Crippen LogP contribution >= 0.6 is 11.3 Å². The summed E-state index contributed by atoms with van der Waals surface area (Å²) in [7, 11) is 1.65. The molecule has 0 saturated heterocycles. The molecule has 4 aliphatic carbocycles. The van der Waals surface area contributed by atoms with Crippen molar-refractivity contribution in [2.75, 3.05) is 12.4 Å². The van der Waals surface area contributed by atoms with Gasteiger partial charge in [0.2, 0.25) is 5.91 Å². The summed E-state index contributed by atoms with van der Waals surface area (Å²) in [6.07, 6.45) is 9.61. The molecule has 4 aliphatic rings. The van der Waals surface area contributed by atoms with E-state index in [1.165, 1.54) is 30.6 Å². The summed E-state index contributed by atoms with van der Waals surface area (Å²) >= 11 is 1.48. The van der Waals surface area contributed by atoms with Crippen molar-refractivity contribution in [3.05, 3.63) is 18.2 Å². The maximum Gasteiger partial charge on any atom is 0.226 e. The third kappa shape index (κ3) is 4.61. The Balaban J connectivity index is 1.10. The molecule has 0 bridgehead atoms. The van der Waals surface area contributed by atoms with Crippen LogP contribution in [-0.2, 0) is 4.79 Å². The molecule has 39 heavy (non-hydrogen) atoms. The molecule has 4 fully saturated rings. The van der Waals surface area contributed by atoms with Gasteiger partial charge in [0.25, 0.3) is 0 Å². The number of benzene rings is 1. The van der Waals surface area contributed by atoms with Gasteiger partial charge < -0.3 is 20.3 Å². The number of carbonyl (C=O) groups is 1. The molecular weight excluding hydrogens is 508 g/mol. The minimum absolute atomic E-state index is 0.0163. The second kappa shape index (κ2) is 10.3. The first-order valence-corrected chi connectivity index (χ1v) is 16.1. The SMILES string of the molecule is COc1ccc2nc(NC(=O)CC[C@@H](C)[C@H]3CC[C@H]4[C@@H]5CC[C@@H]6C[C@H](O)CC[C@]6(C)[C@H]5C[C@H](O)[C@]34C)sc2c1. The molecule has 0 unspecified atom stereocenters. The Labute approximate surface area is 236 Å². The summed E-state index contributed by atoms with van der Waals surface area (Å²) in [4.78, 5) is 17.5. The van der Waals surface area contributed by atoms with E-state index in [0.717, 1.165) is 54.5 Å². The molecule has 1 amide bonds. The van der Waals surface area contributed by atoms with Crippen LogP contribution in [-0.4, -0.2) is 40.4 Å². The Morgan fingerprint density at radius 3 is 2.77 bits per heavy atom. The van der Waals surface area contributed by atoms with Crippen molar-refractivity contribution in [2.45, 2.75) is 97.2 Å². The molecule has 0 radical (unpaired) electrons. The third-order valence-electron chi connectivity index (χ3n) is 12.2. The largest absolute Gasteiger partial charge is 0.497 e. The van der Waals surface area contributed by atoms with E-state index in [0.29, 0.717) is 47.1 Å². The number of carbonyl (C=O) groups excluding carboxylic acids is 1. The summed E-state index contributed by atoms with van der Waals surface area (Å²) < 4.78 is 6.31. The van der Waals surface area contributed by atoms with Crippen LogP contribution in [0.15, 0.2) is 18.2 Å². The zero-order chi connectivity index (χ0) is 27.5. The van der Waals surface area contributed by atoms with Crippen molar-refractivity contribution in [3.63, 3.8) is 0 Å². The lowest BCUT2D eigenvalue weighted by Gasteiger charge is -2.62. The fourth-order valence-corrected chi connectivity index (χ4v) is 10.9. The monoisotopic (exact) mass is 554 g/mol. The first-order valence-electron chi connectivity index (χ1n) is 15.2. The molecule has 1 aromatic heterocycles. The molecular formula is C32H46N2O4S. The van der Waals surface area contributed by atoms with Crippen molar-refractivity contribution in [1.82, 2.24) is 4.98 Å². The van der Waals surface area contributed by atoms with Gasteiger partial charge in [-0.25, -0.2) is 4.98 Å². The fourth-order valence-electron chi connectivity index (χ4n) is 9.99. The van der Waals surface area contributed by atoms with Gasteiger partial charge in [-0.2, -0.15) is 0 Å². The first kappa shape index (κ1) is 27.5. The van der Waals surface area contributed by atoms with Gasteiger partial charge in [-0.3, -0.25) is 4.79 Å². The van der Waals surface area contributed by atoms with Crippen molar-refractivity contribution in [1.29, 1.82) is 0 Å². The second-order valence-electron chi connectivity index (χ2n) is 13.8. The molecule has 7 heteroatoms. The molecule has 4 saturated carbocycles. The van der Waals surface area contributed by atoms with Crippen LogP contribution < -0.4 is 10.1 Å². The number of rotatable bonds is 6. The Kier molecular flexibility index (Phi) is 7.25. The lowest BCUT2D eigenvalue weighted by molar-refractivity contribution is -0.174. The summed E-state index contributed by atoms with van der Waals surface area (Å²) in [5.74, 6) is 4.06. The fraction of sp³-hybridized carbons (Fsp3) is 0.750. The molecule has 0 spiro atoms. The third-order valence-corrected chi connectivity index (χ3v) is 13.1. The van der Waals surface area contributed by atoms with Gasteiger partial charge in [0, 0.05) is 6.42 Å². The zero-order valence-corrected chi connectivity index (χ0v) is 24.8. The highest BCUT2D eigenvalue weighted by Crippen LogP contribution is 2.68. The van der Waals surface area contributed by atoms with Crippen LogP contribution in [0.4, 0.5) is 5.13 Å². The molecule has 6 rings (SSSR count). The minimum Gasteiger partial charge on any atom is -0.497 e. The van der Waals surface area contributed by atoms with Crippen LogP contribution in [0.5, 0.6) is 5.75 Å². The zero-order valence-electron chi connectivity index (χ0n) is 24.0. The highest BCUT2D eigenvalue weighted by molar-refractivity contribution is 7.22. The number of thiazole rings is 1. The number of hydrogen-bond acceptors (Lipinski definition) is 6. The van der Waals surface area contributed by atoms with E-state index < -0.39 is 0 Å². The van der Waals surface area contributed by atoms with Gasteiger partial charge in [-0.1, -0.05) is 32.1 Å². The average molecular weight is 555 g/mol. The molecule has 3 N–H and O–H groups in total. The first-order chi connectivity index (χ1) is 18.6.